The molecule has 1 amide bonds. The third-order valence-electron chi connectivity index (χ3n) is 4.51. The summed E-state index contributed by atoms with van der Waals surface area (Å²) in [6.45, 7) is 10.1. The van der Waals surface area contributed by atoms with Crippen molar-refractivity contribution in [2.24, 2.45) is 0 Å². The van der Waals surface area contributed by atoms with E-state index in [-0.39, 0.29) is 11.2 Å². The quantitative estimate of drug-likeness (QED) is 0.470. The molecule has 0 aliphatic rings. The third kappa shape index (κ3) is 4.30. The van der Waals surface area contributed by atoms with Gasteiger partial charge >= 0.3 is 0 Å². The third-order valence-corrected chi connectivity index (χ3v) is 5.62. The van der Waals surface area contributed by atoms with Crippen molar-refractivity contribution in [2.45, 2.75) is 50.8 Å². The molecule has 2 aromatic carbocycles. The standard InChI is InChI=1S/C22H25N3OS/c1-13(2)17-11-8-9-14(3)20(17)25-21(26)15(4)27-22-18-10-6-7-12-19(18)23-16(5)24-22/h6-13,15H,1-5H3,(H,25,26). The maximum Gasteiger partial charge on any atom is 0.237 e. The van der Waals surface area contributed by atoms with Crippen LogP contribution in [-0.4, -0.2) is 21.1 Å². The number of rotatable bonds is 5. The Morgan fingerprint density at radius 3 is 2.48 bits per heavy atom. The van der Waals surface area contributed by atoms with Crippen LogP contribution < -0.4 is 5.32 Å². The zero-order valence-electron chi connectivity index (χ0n) is 16.4. The predicted molar refractivity (Wildman–Crippen MR) is 113 cm³/mol. The zero-order valence-corrected chi connectivity index (χ0v) is 17.2. The molecule has 0 aliphatic carbocycles. The van der Waals surface area contributed by atoms with Crippen molar-refractivity contribution in [2.75, 3.05) is 5.32 Å². The molecule has 1 aromatic heterocycles. The van der Waals surface area contributed by atoms with Crippen LogP contribution in [0.15, 0.2) is 47.5 Å². The number of amides is 1. The lowest BCUT2D eigenvalue weighted by Crippen LogP contribution is -2.24. The van der Waals surface area contributed by atoms with Gasteiger partial charge in [0, 0.05) is 11.1 Å². The van der Waals surface area contributed by atoms with Crippen molar-refractivity contribution in [3.05, 3.63) is 59.4 Å². The van der Waals surface area contributed by atoms with E-state index in [2.05, 4.69) is 35.2 Å². The molecule has 27 heavy (non-hydrogen) atoms. The molecular weight excluding hydrogens is 354 g/mol. The highest BCUT2D eigenvalue weighted by Gasteiger charge is 2.20. The lowest BCUT2D eigenvalue weighted by atomic mass is 9.98. The Bertz CT molecular complexity index is 984. The number of anilines is 1. The SMILES string of the molecule is Cc1nc(SC(C)C(=O)Nc2c(C)cccc2C(C)C)c2ccccc2n1. The van der Waals surface area contributed by atoms with Gasteiger partial charge in [0.25, 0.3) is 0 Å². The van der Waals surface area contributed by atoms with Crippen LogP contribution in [-0.2, 0) is 4.79 Å². The van der Waals surface area contributed by atoms with E-state index in [1.54, 1.807) is 0 Å². The molecule has 0 bridgehead atoms. The fraction of sp³-hybridized carbons (Fsp3) is 0.318. The van der Waals surface area contributed by atoms with Crippen molar-refractivity contribution >= 4 is 34.3 Å². The minimum absolute atomic E-state index is 0.0171. The van der Waals surface area contributed by atoms with Crippen molar-refractivity contribution in [3.8, 4) is 0 Å². The van der Waals surface area contributed by atoms with Gasteiger partial charge < -0.3 is 5.32 Å². The monoisotopic (exact) mass is 379 g/mol. The fourth-order valence-corrected chi connectivity index (χ4v) is 4.02. The first-order valence-electron chi connectivity index (χ1n) is 9.17. The highest BCUT2D eigenvalue weighted by Crippen LogP contribution is 2.31. The van der Waals surface area contributed by atoms with Crippen LogP contribution in [0.5, 0.6) is 0 Å². The second-order valence-corrected chi connectivity index (χ2v) is 8.37. The predicted octanol–water partition coefficient (Wildman–Crippen LogP) is 5.49. The number of carbonyl (C=O) groups is 1. The van der Waals surface area contributed by atoms with Gasteiger partial charge in [0.2, 0.25) is 5.91 Å². The van der Waals surface area contributed by atoms with Gasteiger partial charge in [-0.25, -0.2) is 9.97 Å². The second-order valence-electron chi connectivity index (χ2n) is 7.04. The Morgan fingerprint density at radius 2 is 1.74 bits per heavy atom. The summed E-state index contributed by atoms with van der Waals surface area (Å²) in [6, 6.07) is 14.0. The van der Waals surface area contributed by atoms with Gasteiger partial charge in [-0.3, -0.25) is 4.79 Å². The summed E-state index contributed by atoms with van der Waals surface area (Å²) in [4.78, 5) is 21.9. The van der Waals surface area contributed by atoms with Gasteiger partial charge in [-0.05, 0) is 43.9 Å². The van der Waals surface area contributed by atoms with Gasteiger partial charge in [0.1, 0.15) is 10.9 Å². The van der Waals surface area contributed by atoms with E-state index in [1.807, 2.05) is 57.2 Å². The van der Waals surface area contributed by atoms with Crippen LogP contribution in [0.1, 0.15) is 43.6 Å². The average molecular weight is 380 g/mol. The molecule has 1 heterocycles. The van der Waals surface area contributed by atoms with Crippen molar-refractivity contribution in [1.82, 2.24) is 9.97 Å². The molecule has 0 saturated heterocycles. The van der Waals surface area contributed by atoms with Crippen LogP contribution in [0.2, 0.25) is 0 Å². The molecule has 0 saturated carbocycles. The first-order valence-corrected chi connectivity index (χ1v) is 10.0. The topological polar surface area (TPSA) is 54.9 Å². The number of aryl methyl sites for hydroxylation is 2. The Balaban J connectivity index is 1.84. The number of nitrogens with zero attached hydrogens (tertiary/aromatic N) is 2. The number of thioether (sulfide) groups is 1. The highest BCUT2D eigenvalue weighted by molar-refractivity contribution is 8.00. The summed E-state index contributed by atoms with van der Waals surface area (Å²) >= 11 is 1.47. The second kappa shape index (κ2) is 8.09. The lowest BCUT2D eigenvalue weighted by molar-refractivity contribution is -0.115. The summed E-state index contributed by atoms with van der Waals surface area (Å²) in [5.41, 5.74) is 4.06. The number of hydrogen-bond donors (Lipinski definition) is 1. The van der Waals surface area contributed by atoms with Gasteiger partial charge in [-0.1, -0.05) is 62.0 Å². The van der Waals surface area contributed by atoms with Gasteiger partial charge in [0.05, 0.1) is 10.8 Å². The minimum atomic E-state index is -0.276. The Hall–Kier alpha value is -2.40. The molecule has 4 nitrogen and oxygen atoms in total. The molecule has 0 spiro atoms. The van der Waals surface area contributed by atoms with E-state index < -0.39 is 0 Å². The van der Waals surface area contributed by atoms with Crippen LogP contribution in [0.3, 0.4) is 0 Å². The van der Waals surface area contributed by atoms with E-state index in [1.165, 1.54) is 11.8 Å². The van der Waals surface area contributed by atoms with E-state index >= 15 is 0 Å². The summed E-state index contributed by atoms with van der Waals surface area (Å²) in [6.07, 6.45) is 0. The number of carbonyl (C=O) groups excluding carboxylic acids is 1. The molecule has 140 valence electrons. The van der Waals surface area contributed by atoms with Crippen LogP contribution in [0.25, 0.3) is 10.9 Å². The molecule has 1 unspecified atom stereocenters. The van der Waals surface area contributed by atoms with E-state index in [9.17, 15) is 4.79 Å². The highest BCUT2D eigenvalue weighted by atomic mass is 32.2. The molecule has 0 fully saturated rings. The zero-order chi connectivity index (χ0) is 19.6. The minimum Gasteiger partial charge on any atom is -0.325 e. The number of nitrogens with one attached hydrogen (secondary N) is 1. The molecule has 1 N–H and O–H groups in total. The molecule has 5 heteroatoms. The Labute approximate surface area is 164 Å². The summed E-state index contributed by atoms with van der Waals surface area (Å²) < 4.78 is 0. The maximum atomic E-state index is 12.9. The number of hydrogen-bond acceptors (Lipinski definition) is 4. The largest absolute Gasteiger partial charge is 0.325 e. The van der Waals surface area contributed by atoms with Crippen molar-refractivity contribution in [1.29, 1.82) is 0 Å². The van der Waals surface area contributed by atoms with Gasteiger partial charge in [0.15, 0.2) is 0 Å². The molecule has 0 radical (unpaired) electrons. The average Bonchev–Trinajstić information content (AvgIpc) is 2.62. The smallest absolute Gasteiger partial charge is 0.237 e. The molecule has 0 aliphatic heterocycles. The van der Waals surface area contributed by atoms with Crippen LogP contribution in [0, 0.1) is 13.8 Å². The first kappa shape index (κ1) is 19.4. The summed E-state index contributed by atoms with van der Waals surface area (Å²) in [5, 5.41) is 4.68. The van der Waals surface area contributed by atoms with Crippen molar-refractivity contribution in [3.63, 3.8) is 0 Å². The number of fused-ring (bicyclic) bond motifs is 1. The van der Waals surface area contributed by atoms with E-state index in [0.29, 0.717) is 11.7 Å². The summed E-state index contributed by atoms with van der Waals surface area (Å²) in [7, 11) is 0. The number of aromatic nitrogens is 2. The van der Waals surface area contributed by atoms with Crippen LogP contribution in [0.4, 0.5) is 5.69 Å². The first-order chi connectivity index (χ1) is 12.9. The van der Waals surface area contributed by atoms with Gasteiger partial charge in [-0.15, -0.1) is 0 Å². The lowest BCUT2D eigenvalue weighted by Gasteiger charge is -2.19. The molecule has 3 rings (SSSR count). The molecular formula is C22H25N3OS. The fourth-order valence-electron chi connectivity index (χ4n) is 3.04. The number of para-hydroxylation sites is 2. The van der Waals surface area contributed by atoms with E-state index in [0.717, 1.165) is 32.7 Å². The van der Waals surface area contributed by atoms with E-state index in [4.69, 9.17) is 0 Å². The molecule has 1 atom stereocenters. The Morgan fingerprint density at radius 1 is 1.00 bits per heavy atom. The van der Waals surface area contributed by atoms with Gasteiger partial charge in [-0.2, -0.15) is 0 Å². The van der Waals surface area contributed by atoms with Crippen molar-refractivity contribution < 1.29 is 4.79 Å². The summed E-state index contributed by atoms with van der Waals surface area (Å²) in [5.74, 6) is 1.04. The normalized spacial score (nSPS) is 12.4. The maximum absolute atomic E-state index is 12.9. The Kier molecular flexibility index (Phi) is 5.80. The number of benzene rings is 2. The van der Waals surface area contributed by atoms with Crippen LogP contribution >= 0.6 is 11.8 Å². The molecule has 3 aromatic rings.